The molecule has 19 heavy (non-hydrogen) atoms. The summed E-state index contributed by atoms with van der Waals surface area (Å²) in [6, 6.07) is 1.29. The van der Waals surface area contributed by atoms with E-state index in [0.29, 0.717) is 18.3 Å². The second-order valence-electron chi connectivity index (χ2n) is 5.11. The molecule has 0 radical (unpaired) electrons. The standard InChI is InChI=1S/C13H19N3O2S/c1-2-18-12(17)11-8-19-13(15-11)14-9-5-6-16(7-9)10-3-4-10/h8-10H,2-7H2,1H3,(H,14,15). The van der Waals surface area contributed by atoms with Gasteiger partial charge in [-0.1, -0.05) is 0 Å². The van der Waals surface area contributed by atoms with Crippen LogP contribution in [0.2, 0.25) is 0 Å². The summed E-state index contributed by atoms with van der Waals surface area (Å²) in [5, 5.41) is 6.01. The van der Waals surface area contributed by atoms with Crippen molar-refractivity contribution in [2.75, 3.05) is 25.0 Å². The van der Waals surface area contributed by atoms with Crippen LogP contribution < -0.4 is 5.32 Å². The molecular formula is C13H19N3O2S. The summed E-state index contributed by atoms with van der Waals surface area (Å²) in [6.45, 7) is 4.46. The average Bonchev–Trinajstić information content (AvgIpc) is 2.97. The van der Waals surface area contributed by atoms with Crippen molar-refractivity contribution in [2.45, 2.75) is 38.3 Å². The number of anilines is 1. The molecule has 104 valence electrons. The molecule has 5 nitrogen and oxygen atoms in total. The highest BCUT2D eigenvalue weighted by Crippen LogP contribution is 2.30. The third kappa shape index (κ3) is 3.06. The quantitative estimate of drug-likeness (QED) is 0.836. The van der Waals surface area contributed by atoms with E-state index in [1.165, 1.54) is 30.7 Å². The smallest absolute Gasteiger partial charge is 0.357 e. The highest BCUT2D eigenvalue weighted by molar-refractivity contribution is 7.13. The minimum atomic E-state index is -0.335. The fourth-order valence-corrected chi connectivity index (χ4v) is 3.25. The Morgan fingerprint density at radius 1 is 1.58 bits per heavy atom. The third-order valence-electron chi connectivity index (χ3n) is 3.60. The average molecular weight is 281 g/mol. The lowest BCUT2D eigenvalue weighted by Crippen LogP contribution is -2.27. The number of carbonyl (C=O) groups excluding carboxylic acids is 1. The van der Waals surface area contributed by atoms with Crippen molar-refractivity contribution in [1.82, 2.24) is 9.88 Å². The third-order valence-corrected chi connectivity index (χ3v) is 4.37. The van der Waals surface area contributed by atoms with E-state index >= 15 is 0 Å². The van der Waals surface area contributed by atoms with Gasteiger partial charge < -0.3 is 10.1 Å². The maximum Gasteiger partial charge on any atom is 0.357 e. The maximum absolute atomic E-state index is 11.5. The Labute approximate surface area is 117 Å². The molecule has 1 saturated heterocycles. The number of rotatable bonds is 5. The van der Waals surface area contributed by atoms with E-state index in [1.54, 1.807) is 12.3 Å². The van der Waals surface area contributed by atoms with Crippen molar-refractivity contribution in [1.29, 1.82) is 0 Å². The van der Waals surface area contributed by atoms with Crippen LogP contribution in [0.1, 0.15) is 36.7 Å². The summed E-state index contributed by atoms with van der Waals surface area (Å²) in [4.78, 5) is 18.4. The van der Waals surface area contributed by atoms with Gasteiger partial charge in [-0.3, -0.25) is 4.90 Å². The number of likely N-dealkylation sites (tertiary alicyclic amines) is 1. The Morgan fingerprint density at radius 3 is 3.16 bits per heavy atom. The first-order valence-corrected chi connectivity index (χ1v) is 7.77. The molecule has 2 heterocycles. The second-order valence-corrected chi connectivity index (χ2v) is 5.97. The van der Waals surface area contributed by atoms with Crippen molar-refractivity contribution in [3.8, 4) is 0 Å². The van der Waals surface area contributed by atoms with Gasteiger partial charge in [0.2, 0.25) is 0 Å². The van der Waals surface area contributed by atoms with E-state index in [4.69, 9.17) is 4.74 Å². The predicted octanol–water partition coefficient (Wildman–Crippen LogP) is 1.97. The van der Waals surface area contributed by atoms with Gasteiger partial charge >= 0.3 is 5.97 Å². The molecule has 0 bridgehead atoms. The van der Waals surface area contributed by atoms with E-state index in [2.05, 4.69) is 15.2 Å². The van der Waals surface area contributed by atoms with Gasteiger partial charge in [0.25, 0.3) is 0 Å². The molecule has 2 fully saturated rings. The molecule has 0 aromatic carbocycles. The lowest BCUT2D eigenvalue weighted by molar-refractivity contribution is 0.0520. The summed E-state index contributed by atoms with van der Waals surface area (Å²) in [7, 11) is 0. The van der Waals surface area contributed by atoms with E-state index in [0.717, 1.165) is 24.1 Å². The number of thiazole rings is 1. The van der Waals surface area contributed by atoms with Crippen LogP contribution in [-0.2, 0) is 4.74 Å². The number of aromatic nitrogens is 1. The number of carbonyl (C=O) groups is 1. The molecular weight excluding hydrogens is 262 g/mol. The number of esters is 1. The Bertz CT molecular complexity index is 458. The van der Waals surface area contributed by atoms with Crippen molar-refractivity contribution in [2.24, 2.45) is 0 Å². The zero-order valence-electron chi connectivity index (χ0n) is 11.1. The lowest BCUT2D eigenvalue weighted by Gasteiger charge is -2.15. The molecule has 3 rings (SSSR count). The Balaban J connectivity index is 1.54. The van der Waals surface area contributed by atoms with Crippen LogP contribution in [-0.4, -0.2) is 47.6 Å². The lowest BCUT2D eigenvalue weighted by atomic mass is 10.3. The zero-order valence-corrected chi connectivity index (χ0v) is 11.9. The molecule has 1 saturated carbocycles. The first-order valence-electron chi connectivity index (χ1n) is 6.89. The number of ether oxygens (including phenoxy) is 1. The number of hydrogen-bond acceptors (Lipinski definition) is 6. The summed E-state index contributed by atoms with van der Waals surface area (Å²) in [5.74, 6) is -0.335. The first-order chi connectivity index (χ1) is 9.26. The molecule has 1 aliphatic heterocycles. The summed E-state index contributed by atoms with van der Waals surface area (Å²) >= 11 is 1.47. The Morgan fingerprint density at radius 2 is 2.42 bits per heavy atom. The Kier molecular flexibility index (Phi) is 3.70. The SMILES string of the molecule is CCOC(=O)c1csc(NC2CCN(C3CC3)C2)n1. The van der Waals surface area contributed by atoms with Crippen LogP contribution >= 0.6 is 11.3 Å². The highest BCUT2D eigenvalue weighted by Gasteiger charge is 2.34. The molecule has 0 spiro atoms. The van der Waals surface area contributed by atoms with Crippen molar-refractivity contribution < 1.29 is 9.53 Å². The van der Waals surface area contributed by atoms with Gasteiger partial charge in [-0.15, -0.1) is 11.3 Å². The summed E-state index contributed by atoms with van der Waals surface area (Å²) < 4.78 is 4.94. The zero-order chi connectivity index (χ0) is 13.2. The van der Waals surface area contributed by atoms with Crippen LogP contribution in [0.15, 0.2) is 5.38 Å². The molecule has 1 aromatic heterocycles. The van der Waals surface area contributed by atoms with Crippen molar-refractivity contribution >= 4 is 22.4 Å². The van der Waals surface area contributed by atoms with Gasteiger partial charge in [0.15, 0.2) is 10.8 Å². The van der Waals surface area contributed by atoms with Gasteiger partial charge in [-0.05, 0) is 26.2 Å². The molecule has 1 atom stereocenters. The molecule has 1 aliphatic carbocycles. The maximum atomic E-state index is 11.5. The minimum absolute atomic E-state index is 0.335. The molecule has 1 N–H and O–H groups in total. The molecule has 6 heteroatoms. The van der Waals surface area contributed by atoms with Crippen LogP contribution in [0.3, 0.4) is 0 Å². The van der Waals surface area contributed by atoms with Gasteiger partial charge in [0.1, 0.15) is 0 Å². The van der Waals surface area contributed by atoms with E-state index < -0.39 is 0 Å². The molecule has 1 unspecified atom stereocenters. The molecule has 1 aromatic rings. The van der Waals surface area contributed by atoms with E-state index in [-0.39, 0.29) is 5.97 Å². The van der Waals surface area contributed by atoms with Crippen molar-refractivity contribution in [3.63, 3.8) is 0 Å². The number of nitrogens with zero attached hydrogens (tertiary/aromatic N) is 2. The summed E-state index contributed by atoms with van der Waals surface area (Å²) in [6.07, 6.45) is 3.87. The largest absolute Gasteiger partial charge is 0.461 e. The van der Waals surface area contributed by atoms with Crippen LogP contribution in [0.25, 0.3) is 0 Å². The number of nitrogens with one attached hydrogen (secondary N) is 1. The van der Waals surface area contributed by atoms with E-state index in [9.17, 15) is 4.79 Å². The molecule has 2 aliphatic rings. The van der Waals surface area contributed by atoms with Gasteiger partial charge in [-0.25, -0.2) is 9.78 Å². The first kappa shape index (κ1) is 12.9. The van der Waals surface area contributed by atoms with Crippen LogP contribution in [0.4, 0.5) is 5.13 Å². The van der Waals surface area contributed by atoms with Gasteiger partial charge in [-0.2, -0.15) is 0 Å². The Hall–Kier alpha value is -1.14. The minimum Gasteiger partial charge on any atom is -0.461 e. The van der Waals surface area contributed by atoms with E-state index in [1.807, 2.05) is 0 Å². The molecule has 0 amide bonds. The normalized spacial score (nSPS) is 23.5. The monoisotopic (exact) mass is 281 g/mol. The fourth-order valence-electron chi connectivity index (χ4n) is 2.49. The van der Waals surface area contributed by atoms with Gasteiger partial charge in [0, 0.05) is 30.6 Å². The highest BCUT2D eigenvalue weighted by atomic mass is 32.1. The van der Waals surface area contributed by atoms with Crippen molar-refractivity contribution in [3.05, 3.63) is 11.1 Å². The van der Waals surface area contributed by atoms with Crippen LogP contribution in [0.5, 0.6) is 0 Å². The second kappa shape index (κ2) is 5.46. The van der Waals surface area contributed by atoms with Crippen LogP contribution in [0, 0.1) is 0 Å². The van der Waals surface area contributed by atoms with Gasteiger partial charge in [0.05, 0.1) is 6.61 Å². The topological polar surface area (TPSA) is 54.5 Å². The summed E-state index contributed by atoms with van der Waals surface area (Å²) in [5.41, 5.74) is 0.409. The predicted molar refractivity (Wildman–Crippen MR) is 74.7 cm³/mol. The number of hydrogen-bond donors (Lipinski definition) is 1. The fraction of sp³-hybridized carbons (Fsp3) is 0.692.